The van der Waals surface area contributed by atoms with E-state index in [0.717, 1.165) is 16.7 Å². The highest BCUT2D eigenvalue weighted by atomic mass is 32.2. The molecule has 1 aromatic carbocycles. The van der Waals surface area contributed by atoms with E-state index in [9.17, 15) is 4.79 Å². The Bertz CT molecular complexity index is 725. The lowest BCUT2D eigenvalue weighted by molar-refractivity contribution is -0.113. The van der Waals surface area contributed by atoms with Crippen LogP contribution in [0.2, 0.25) is 0 Å². The topological polar surface area (TPSA) is 69.0 Å². The van der Waals surface area contributed by atoms with Crippen LogP contribution in [0.5, 0.6) is 5.75 Å². The molecule has 1 saturated carbocycles. The third-order valence-corrected chi connectivity index (χ3v) is 4.78. The number of hydrogen-bond acceptors (Lipinski definition) is 5. The van der Waals surface area contributed by atoms with E-state index in [0.29, 0.717) is 23.5 Å². The number of amides is 1. The molecule has 6 nitrogen and oxygen atoms in total. The van der Waals surface area contributed by atoms with Gasteiger partial charge in [0.15, 0.2) is 5.16 Å². The van der Waals surface area contributed by atoms with Crippen LogP contribution in [0.3, 0.4) is 0 Å². The lowest BCUT2D eigenvalue weighted by atomic mass is 10.3. The molecule has 1 aliphatic rings. The minimum Gasteiger partial charge on any atom is -0.497 e. The van der Waals surface area contributed by atoms with Gasteiger partial charge < -0.3 is 14.6 Å². The smallest absolute Gasteiger partial charge is 0.234 e. The van der Waals surface area contributed by atoms with Gasteiger partial charge in [-0.05, 0) is 38.8 Å². The Morgan fingerprint density at radius 1 is 1.42 bits per heavy atom. The summed E-state index contributed by atoms with van der Waals surface area (Å²) < 4.78 is 7.31. The fourth-order valence-corrected chi connectivity index (χ4v) is 3.39. The molecular weight excluding hydrogens is 324 g/mol. The maximum atomic E-state index is 12.2. The van der Waals surface area contributed by atoms with Crippen LogP contribution in [-0.2, 0) is 4.79 Å². The number of rotatable bonds is 7. The van der Waals surface area contributed by atoms with Crippen LogP contribution in [-0.4, -0.2) is 33.5 Å². The Kier molecular flexibility index (Phi) is 5.08. The van der Waals surface area contributed by atoms with Crippen molar-refractivity contribution in [2.45, 2.75) is 43.8 Å². The van der Waals surface area contributed by atoms with E-state index in [1.165, 1.54) is 24.6 Å². The number of nitrogens with zero attached hydrogens (tertiary/aromatic N) is 3. The summed E-state index contributed by atoms with van der Waals surface area (Å²) in [6, 6.07) is 7.62. The first-order valence-corrected chi connectivity index (χ1v) is 9.08. The molecular formula is C17H22N4O2S. The van der Waals surface area contributed by atoms with Gasteiger partial charge in [-0.15, -0.1) is 10.2 Å². The Morgan fingerprint density at radius 3 is 2.88 bits per heavy atom. The summed E-state index contributed by atoms with van der Waals surface area (Å²) in [7, 11) is 1.60. The average Bonchev–Trinajstić information content (AvgIpc) is 3.32. The van der Waals surface area contributed by atoms with E-state index in [1.807, 2.05) is 18.2 Å². The second-order valence-corrected chi connectivity index (χ2v) is 7.09. The molecule has 0 saturated heterocycles. The molecule has 1 fully saturated rings. The van der Waals surface area contributed by atoms with Gasteiger partial charge in [0.25, 0.3) is 0 Å². The number of methoxy groups -OCH3 is 1. The molecule has 2 aromatic rings. The largest absolute Gasteiger partial charge is 0.497 e. The molecule has 7 heteroatoms. The molecule has 0 unspecified atom stereocenters. The molecule has 0 radical (unpaired) electrons. The third kappa shape index (κ3) is 3.90. The molecule has 3 rings (SSSR count). The number of aromatic nitrogens is 3. The van der Waals surface area contributed by atoms with E-state index in [-0.39, 0.29) is 5.91 Å². The van der Waals surface area contributed by atoms with Crippen molar-refractivity contribution >= 4 is 23.4 Å². The molecule has 24 heavy (non-hydrogen) atoms. The second-order valence-electron chi connectivity index (χ2n) is 6.15. The zero-order valence-corrected chi connectivity index (χ0v) is 15.0. The van der Waals surface area contributed by atoms with Crippen LogP contribution in [0.15, 0.2) is 29.4 Å². The van der Waals surface area contributed by atoms with Crippen molar-refractivity contribution in [3.05, 3.63) is 30.1 Å². The summed E-state index contributed by atoms with van der Waals surface area (Å²) in [6.07, 6.45) is 2.37. The highest BCUT2D eigenvalue weighted by Gasteiger charge is 2.31. The molecule has 0 aliphatic heterocycles. The maximum absolute atomic E-state index is 12.2. The highest BCUT2D eigenvalue weighted by molar-refractivity contribution is 7.99. The zero-order chi connectivity index (χ0) is 17.1. The fourth-order valence-electron chi connectivity index (χ4n) is 2.52. The summed E-state index contributed by atoms with van der Waals surface area (Å²) in [5.41, 5.74) is 0.726. The minimum atomic E-state index is -0.0699. The number of carbonyl (C=O) groups is 1. The standard InChI is InChI=1S/C17H22N4O2S/c1-11(2)21-16(12-7-8-12)19-20-17(21)24-10-15(22)18-13-5-4-6-14(9-13)23-3/h4-6,9,11-12H,7-8,10H2,1-3H3,(H,18,22). The first-order chi connectivity index (χ1) is 11.6. The van der Waals surface area contributed by atoms with E-state index in [4.69, 9.17) is 4.74 Å². The van der Waals surface area contributed by atoms with Gasteiger partial charge in [0.1, 0.15) is 11.6 Å². The molecule has 1 aromatic heterocycles. The number of anilines is 1. The number of carbonyl (C=O) groups excluding carboxylic acids is 1. The highest BCUT2D eigenvalue weighted by Crippen LogP contribution is 2.41. The van der Waals surface area contributed by atoms with Crippen molar-refractivity contribution in [3.63, 3.8) is 0 Å². The van der Waals surface area contributed by atoms with Crippen LogP contribution in [0.1, 0.15) is 44.5 Å². The summed E-state index contributed by atoms with van der Waals surface area (Å²) in [4.78, 5) is 12.2. The first-order valence-electron chi connectivity index (χ1n) is 8.10. The van der Waals surface area contributed by atoms with Gasteiger partial charge in [-0.3, -0.25) is 4.79 Å². The van der Waals surface area contributed by atoms with Gasteiger partial charge in [-0.25, -0.2) is 0 Å². The van der Waals surface area contributed by atoms with Crippen LogP contribution < -0.4 is 10.1 Å². The van der Waals surface area contributed by atoms with E-state index < -0.39 is 0 Å². The third-order valence-electron chi connectivity index (χ3n) is 3.84. The van der Waals surface area contributed by atoms with Crippen molar-refractivity contribution in [3.8, 4) is 5.75 Å². The molecule has 1 N–H and O–H groups in total. The van der Waals surface area contributed by atoms with Gasteiger partial charge >= 0.3 is 0 Å². The Hall–Kier alpha value is -2.02. The number of ether oxygens (including phenoxy) is 1. The molecule has 1 amide bonds. The normalized spacial score (nSPS) is 14.0. The molecule has 0 bridgehead atoms. The predicted molar refractivity (Wildman–Crippen MR) is 94.7 cm³/mol. The fraction of sp³-hybridized carbons (Fsp3) is 0.471. The maximum Gasteiger partial charge on any atom is 0.234 e. The van der Waals surface area contributed by atoms with Crippen LogP contribution in [0.25, 0.3) is 0 Å². The zero-order valence-electron chi connectivity index (χ0n) is 14.2. The summed E-state index contributed by atoms with van der Waals surface area (Å²) in [6.45, 7) is 4.24. The monoisotopic (exact) mass is 346 g/mol. The predicted octanol–water partition coefficient (Wildman–Crippen LogP) is 3.48. The molecule has 0 atom stereocenters. The van der Waals surface area contributed by atoms with E-state index in [2.05, 4.69) is 33.9 Å². The van der Waals surface area contributed by atoms with Crippen molar-refractivity contribution < 1.29 is 9.53 Å². The van der Waals surface area contributed by atoms with Crippen LogP contribution in [0, 0.1) is 0 Å². The Morgan fingerprint density at radius 2 is 2.21 bits per heavy atom. The van der Waals surface area contributed by atoms with Crippen molar-refractivity contribution in [2.24, 2.45) is 0 Å². The SMILES string of the molecule is COc1cccc(NC(=O)CSc2nnc(C3CC3)n2C(C)C)c1. The number of thioether (sulfide) groups is 1. The second kappa shape index (κ2) is 7.25. The summed E-state index contributed by atoms with van der Waals surface area (Å²) in [5.74, 6) is 2.54. The van der Waals surface area contributed by atoms with Gasteiger partial charge in [0.05, 0.1) is 12.9 Å². The van der Waals surface area contributed by atoms with Crippen molar-refractivity contribution in [1.82, 2.24) is 14.8 Å². The van der Waals surface area contributed by atoms with Crippen LogP contribution in [0.4, 0.5) is 5.69 Å². The average molecular weight is 346 g/mol. The van der Waals surface area contributed by atoms with Crippen molar-refractivity contribution in [2.75, 3.05) is 18.2 Å². The molecule has 128 valence electrons. The quantitative estimate of drug-likeness (QED) is 0.777. The number of hydrogen-bond donors (Lipinski definition) is 1. The van der Waals surface area contributed by atoms with Gasteiger partial charge in [0.2, 0.25) is 5.91 Å². The van der Waals surface area contributed by atoms with Crippen molar-refractivity contribution in [1.29, 1.82) is 0 Å². The van der Waals surface area contributed by atoms with Crippen LogP contribution >= 0.6 is 11.8 Å². The lowest BCUT2D eigenvalue weighted by Gasteiger charge is -2.13. The molecule has 0 spiro atoms. The Labute approximate surface area is 146 Å². The minimum absolute atomic E-state index is 0.0699. The lowest BCUT2D eigenvalue weighted by Crippen LogP contribution is -2.15. The molecule has 1 aliphatic carbocycles. The van der Waals surface area contributed by atoms with E-state index in [1.54, 1.807) is 13.2 Å². The van der Waals surface area contributed by atoms with Gasteiger partial charge in [-0.2, -0.15) is 0 Å². The Balaban J connectivity index is 1.62. The summed E-state index contributed by atoms with van der Waals surface area (Å²) >= 11 is 1.42. The molecule has 1 heterocycles. The number of nitrogens with one attached hydrogen (secondary N) is 1. The van der Waals surface area contributed by atoms with E-state index >= 15 is 0 Å². The van der Waals surface area contributed by atoms with Gasteiger partial charge in [-0.1, -0.05) is 17.8 Å². The first kappa shape index (κ1) is 16.8. The summed E-state index contributed by atoms with van der Waals surface area (Å²) in [5, 5.41) is 12.3. The van der Waals surface area contributed by atoms with Gasteiger partial charge in [0, 0.05) is 23.7 Å². The number of benzene rings is 1.